The van der Waals surface area contributed by atoms with Gasteiger partial charge in [-0.05, 0) is 58.2 Å². The number of alkyl halides is 3. The number of hydrogen-bond acceptors (Lipinski definition) is 3. The van der Waals surface area contributed by atoms with E-state index in [0.717, 1.165) is 24.2 Å². The van der Waals surface area contributed by atoms with Crippen LogP contribution < -0.4 is 5.32 Å². The Morgan fingerprint density at radius 1 is 1.25 bits per heavy atom. The Morgan fingerprint density at radius 3 is 2.62 bits per heavy atom. The third-order valence-corrected chi connectivity index (χ3v) is 6.10. The van der Waals surface area contributed by atoms with Crippen LogP contribution in [0.3, 0.4) is 0 Å². The number of nitrogens with zero attached hydrogens (tertiary/aromatic N) is 3. The smallest absolute Gasteiger partial charge is 0.339 e. The highest BCUT2D eigenvalue weighted by atomic mass is 19.4. The molecular weight excluding hydrogens is 421 g/mol. The molecule has 0 radical (unpaired) electrons. The van der Waals surface area contributed by atoms with Crippen molar-refractivity contribution >= 4 is 17.6 Å². The van der Waals surface area contributed by atoms with Gasteiger partial charge in [0.1, 0.15) is 5.82 Å². The molecule has 1 N–H and O–H groups in total. The van der Waals surface area contributed by atoms with E-state index in [9.17, 15) is 22.8 Å². The van der Waals surface area contributed by atoms with Gasteiger partial charge in [-0.1, -0.05) is 12.5 Å². The second-order valence-electron chi connectivity index (χ2n) is 8.68. The van der Waals surface area contributed by atoms with Crippen LogP contribution in [0.25, 0.3) is 0 Å². The molecular formula is C23H29F3N4O2. The van der Waals surface area contributed by atoms with Gasteiger partial charge in [-0.2, -0.15) is 13.2 Å². The number of halogens is 3. The minimum atomic E-state index is -4.51. The second kappa shape index (κ2) is 9.34. The number of aryl methyl sites for hydroxylation is 1. The normalized spacial score (nSPS) is 19.1. The highest BCUT2D eigenvalue weighted by molar-refractivity contribution is 5.95. The molecule has 9 heteroatoms. The van der Waals surface area contributed by atoms with Gasteiger partial charge in [-0.25, -0.2) is 4.98 Å². The molecule has 1 fully saturated rings. The van der Waals surface area contributed by atoms with Crippen LogP contribution >= 0.6 is 0 Å². The second-order valence-corrected chi connectivity index (χ2v) is 8.68. The Bertz CT molecular complexity index is 984. The molecule has 32 heavy (non-hydrogen) atoms. The first-order chi connectivity index (χ1) is 15.0. The molecule has 1 aromatic heterocycles. The number of carbonyl (C=O) groups is 2. The van der Waals surface area contributed by atoms with Crippen LogP contribution in [0.15, 0.2) is 30.6 Å². The van der Waals surface area contributed by atoms with Crippen LogP contribution in [0.5, 0.6) is 0 Å². The topological polar surface area (TPSA) is 67.2 Å². The average Bonchev–Trinajstić information content (AvgIpc) is 3.12. The lowest BCUT2D eigenvalue weighted by Crippen LogP contribution is -2.42. The fourth-order valence-electron chi connectivity index (χ4n) is 4.17. The van der Waals surface area contributed by atoms with Crippen molar-refractivity contribution < 1.29 is 22.8 Å². The predicted molar refractivity (Wildman–Crippen MR) is 115 cm³/mol. The maximum Gasteiger partial charge on any atom is 0.416 e. The molecule has 1 aromatic carbocycles. The Hall–Kier alpha value is -2.84. The molecule has 1 aliphatic carbocycles. The van der Waals surface area contributed by atoms with Gasteiger partial charge in [0.25, 0.3) is 5.91 Å². The van der Waals surface area contributed by atoms with E-state index in [0.29, 0.717) is 25.1 Å². The Labute approximate surface area is 185 Å². The number of hydrogen-bond donors (Lipinski definition) is 1. The van der Waals surface area contributed by atoms with Crippen LogP contribution in [0, 0.1) is 12.8 Å². The highest BCUT2D eigenvalue weighted by Crippen LogP contribution is 2.32. The van der Waals surface area contributed by atoms with Crippen LogP contribution in [-0.2, 0) is 11.0 Å². The fraction of sp³-hybridized carbons (Fsp3) is 0.522. The van der Waals surface area contributed by atoms with E-state index in [1.807, 2.05) is 25.3 Å². The lowest BCUT2D eigenvalue weighted by atomic mass is 9.84. The Morgan fingerprint density at radius 2 is 1.97 bits per heavy atom. The third kappa shape index (κ3) is 5.14. The zero-order valence-corrected chi connectivity index (χ0v) is 18.7. The molecule has 0 aliphatic heterocycles. The van der Waals surface area contributed by atoms with E-state index in [4.69, 9.17) is 0 Å². The van der Waals surface area contributed by atoms with Gasteiger partial charge in [-0.3, -0.25) is 9.59 Å². The average molecular weight is 451 g/mol. The Kier molecular flexibility index (Phi) is 6.95. The van der Waals surface area contributed by atoms with Crippen molar-refractivity contribution in [2.45, 2.75) is 64.7 Å². The summed E-state index contributed by atoms with van der Waals surface area (Å²) in [6.45, 7) is 5.84. The first kappa shape index (κ1) is 23.8. The van der Waals surface area contributed by atoms with E-state index < -0.39 is 17.6 Å². The van der Waals surface area contributed by atoms with Gasteiger partial charge in [0, 0.05) is 30.6 Å². The van der Waals surface area contributed by atoms with E-state index >= 15 is 0 Å². The third-order valence-electron chi connectivity index (χ3n) is 6.10. The number of benzene rings is 1. The van der Waals surface area contributed by atoms with Gasteiger partial charge in [0.2, 0.25) is 5.91 Å². The lowest BCUT2D eigenvalue weighted by Gasteiger charge is -2.35. The van der Waals surface area contributed by atoms with E-state index in [2.05, 4.69) is 10.3 Å². The number of imidazole rings is 1. The number of anilines is 1. The molecule has 3 rings (SSSR count). The molecule has 2 unspecified atom stereocenters. The number of rotatable bonds is 5. The van der Waals surface area contributed by atoms with Crippen molar-refractivity contribution in [2.24, 2.45) is 5.92 Å². The van der Waals surface area contributed by atoms with Crippen LogP contribution in [-0.4, -0.2) is 39.4 Å². The van der Waals surface area contributed by atoms with Gasteiger partial charge in [0.15, 0.2) is 0 Å². The molecule has 1 saturated carbocycles. The van der Waals surface area contributed by atoms with Crippen molar-refractivity contribution in [3.8, 4) is 0 Å². The van der Waals surface area contributed by atoms with E-state index in [1.165, 1.54) is 17.0 Å². The molecule has 1 aliphatic rings. The summed E-state index contributed by atoms with van der Waals surface area (Å²) in [5.41, 5.74) is -0.128. The summed E-state index contributed by atoms with van der Waals surface area (Å²) in [4.78, 5) is 31.6. The largest absolute Gasteiger partial charge is 0.416 e. The maximum absolute atomic E-state index is 13.0. The highest BCUT2D eigenvalue weighted by Gasteiger charge is 2.34. The number of carbonyl (C=O) groups excluding carboxylic acids is 2. The van der Waals surface area contributed by atoms with Crippen LogP contribution in [0.4, 0.5) is 19.0 Å². The number of nitrogens with one attached hydrogen (secondary N) is 1. The van der Waals surface area contributed by atoms with E-state index in [-0.39, 0.29) is 29.5 Å². The summed E-state index contributed by atoms with van der Waals surface area (Å²) in [7, 11) is 1.59. The first-order valence-electron chi connectivity index (χ1n) is 10.8. The zero-order valence-electron chi connectivity index (χ0n) is 18.7. The van der Waals surface area contributed by atoms with Crippen molar-refractivity contribution in [3.05, 3.63) is 47.4 Å². The molecule has 1 heterocycles. The minimum Gasteiger partial charge on any atom is -0.339 e. The van der Waals surface area contributed by atoms with Gasteiger partial charge < -0.3 is 14.8 Å². The fourth-order valence-corrected chi connectivity index (χ4v) is 4.17. The monoisotopic (exact) mass is 450 g/mol. The molecule has 2 atom stereocenters. The summed E-state index contributed by atoms with van der Waals surface area (Å²) in [6, 6.07) is 4.36. The quantitative estimate of drug-likeness (QED) is 0.692. The van der Waals surface area contributed by atoms with Crippen molar-refractivity contribution in [3.63, 3.8) is 0 Å². The molecule has 0 saturated heterocycles. The molecule has 6 nitrogen and oxygen atoms in total. The molecule has 2 amide bonds. The van der Waals surface area contributed by atoms with Crippen molar-refractivity contribution in [1.29, 1.82) is 0 Å². The van der Waals surface area contributed by atoms with Crippen molar-refractivity contribution in [1.82, 2.24) is 14.5 Å². The van der Waals surface area contributed by atoms with Crippen molar-refractivity contribution in [2.75, 3.05) is 12.4 Å². The summed E-state index contributed by atoms with van der Waals surface area (Å²) < 4.78 is 40.9. The number of aromatic nitrogens is 2. The Balaban J connectivity index is 1.70. The lowest BCUT2D eigenvalue weighted by molar-refractivity contribution is -0.137. The zero-order chi connectivity index (χ0) is 23.6. The van der Waals surface area contributed by atoms with Gasteiger partial charge >= 0.3 is 6.18 Å². The van der Waals surface area contributed by atoms with Gasteiger partial charge in [0.05, 0.1) is 17.6 Å². The molecule has 174 valence electrons. The van der Waals surface area contributed by atoms with Crippen LogP contribution in [0.2, 0.25) is 0 Å². The summed E-state index contributed by atoms with van der Waals surface area (Å²) in [5.74, 6) is -0.225. The standard InChI is InChI=1S/C23H29F3N4O2/c1-14(2)30-13-27-15(3)20(30)28-21(31)16-7-6-10-19(12-16)29(4)22(32)17-8-5-9-18(11-17)23(24,25)26/h5,8-9,11,13-14,16,19H,6-7,10,12H2,1-4H3,(H,28,31). The summed E-state index contributed by atoms with van der Waals surface area (Å²) in [6.07, 6.45) is -0.200. The van der Waals surface area contributed by atoms with E-state index in [1.54, 1.807) is 13.4 Å². The molecule has 0 bridgehead atoms. The van der Waals surface area contributed by atoms with Crippen LogP contribution in [0.1, 0.15) is 67.2 Å². The summed E-state index contributed by atoms with van der Waals surface area (Å²) >= 11 is 0. The minimum absolute atomic E-state index is 0.00893. The molecule has 2 aromatic rings. The van der Waals surface area contributed by atoms with Gasteiger partial charge in [-0.15, -0.1) is 0 Å². The number of amides is 2. The maximum atomic E-state index is 13.0. The summed E-state index contributed by atoms with van der Waals surface area (Å²) in [5, 5.41) is 2.99. The molecule has 0 spiro atoms. The predicted octanol–water partition coefficient (Wildman–Crippen LogP) is 5.06. The SMILES string of the molecule is Cc1ncn(C(C)C)c1NC(=O)C1CCCC(N(C)C(=O)c2cccc(C(F)(F)F)c2)C1. The first-order valence-corrected chi connectivity index (χ1v) is 10.8.